The van der Waals surface area contributed by atoms with Crippen molar-refractivity contribution in [3.63, 3.8) is 0 Å². The molecule has 0 radical (unpaired) electrons. The van der Waals surface area contributed by atoms with Crippen LogP contribution in [-0.2, 0) is 7.05 Å². The molecule has 0 aliphatic carbocycles. The van der Waals surface area contributed by atoms with E-state index in [2.05, 4.69) is 15.7 Å². The molecular weight excluding hydrogens is 347 g/mol. The van der Waals surface area contributed by atoms with E-state index in [1.807, 2.05) is 37.4 Å². The van der Waals surface area contributed by atoms with Crippen LogP contribution in [0.2, 0.25) is 10.0 Å². The van der Waals surface area contributed by atoms with Gasteiger partial charge in [-0.1, -0.05) is 53.5 Å². The van der Waals surface area contributed by atoms with E-state index < -0.39 is 6.03 Å². The van der Waals surface area contributed by atoms with Crippen molar-refractivity contribution >= 4 is 40.7 Å². The molecule has 0 saturated carbocycles. The van der Waals surface area contributed by atoms with Gasteiger partial charge in [0.25, 0.3) is 0 Å². The minimum atomic E-state index is -0.425. The van der Waals surface area contributed by atoms with Gasteiger partial charge in [0.05, 0.1) is 5.69 Å². The van der Waals surface area contributed by atoms with E-state index in [0.717, 1.165) is 11.3 Å². The second-order valence-electron chi connectivity index (χ2n) is 5.14. The first kappa shape index (κ1) is 16.4. The summed E-state index contributed by atoms with van der Waals surface area (Å²) >= 11 is 11.8. The Kier molecular flexibility index (Phi) is 4.74. The molecule has 0 unspecified atom stereocenters. The number of aromatic nitrogens is 2. The van der Waals surface area contributed by atoms with Crippen LogP contribution in [0.5, 0.6) is 0 Å². The maximum atomic E-state index is 12.1. The van der Waals surface area contributed by atoms with Crippen LogP contribution in [0.1, 0.15) is 0 Å². The van der Waals surface area contributed by atoms with Gasteiger partial charge in [-0.2, -0.15) is 5.10 Å². The summed E-state index contributed by atoms with van der Waals surface area (Å²) < 4.78 is 1.71. The number of urea groups is 1. The van der Waals surface area contributed by atoms with Crippen LogP contribution in [0, 0.1) is 0 Å². The van der Waals surface area contributed by atoms with E-state index in [9.17, 15) is 4.79 Å². The van der Waals surface area contributed by atoms with E-state index in [4.69, 9.17) is 23.2 Å². The Hall–Kier alpha value is -2.50. The lowest BCUT2D eigenvalue weighted by molar-refractivity contribution is 0.262. The van der Waals surface area contributed by atoms with Crippen LogP contribution in [-0.4, -0.2) is 15.8 Å². The molecule has 0 atom stereocenters. The zero-order valence-electron chi connectivity index (χ0n) is 12.8. The van der Waals surface area contributed by atoms with Gasteiger partial charge in [0.1, 0.15) is 0 Å². The molecule has 0 spiro atoms. The fraction of sp³-hybridized carbons (Fsp3) is 0.0588. The first-order valence-corrected chi connectivity index (χ1v) is 7.90. The van der Waals surface area contributed by atoms with E-state index in [0.29, 0.717) is 21.6 Å². The van der Waals surface area contributed by atoms with Crippen molar-refractivity contribution in [2.75, 3.05) is 10.6 Å². The highest BCUT2D eigenvalue weighted by atomic mass is 35.5. The van der Waals surface area contributed by atoms with Crippen LogP contribution in [0.15, 0.2) is 54.6 Å². The van der Waals surface area contributed by atoms with E-state index in [1.165, 1.54) is 0 Å². The number of amides is 2. The van der Waals surface area contributed by atoms with Gasteiger partial charge < -0.3 is 5.32 Å². The molecule has 0 aliphatic rings. The fourth-order valence-electron chi connectivity index (χ4n) is 2.31. The lowest BCUT2D eigenvalue weighted by Gasteiger charge is -2.06. The van der Waals surface area contributed by atoms with Crippen molar-refractivity contribution in [2.45, 2.75) is 0 Å². The number of nitrogens with one attached hydrogen (secondary N) is 2. The predicted molar refractivity (Wildman–Crippen MR) is 97.7 cm³/mol. The number of nitrogens with zero attached hydrogens (tertiary/aromatic N) is 2. The molecule has 0 fully saturated rings. The number of carbonyl (C=O) groups excluding carboxylic acids is 1. The molecule has 0 saturated heterocycles. The summed E-state index contributed by atoms with van der Waals surface area (Å²) in [5.41, 5.74) is 2.42. The lowest BCUT2D eigenvalue weighted by Crippen LogP contribution is -2.19. The Bertz CT molecular complexity index is 857. The van der Waals surface area contributed by atoms with Gasteiger partial charge in [-0.15, -0.1) is 0 Å². The molecule has 5 nitrogen and oxygen atoms in total. The zero-order valence-corrected chi connectivity index (χ0v) is 14.3. The molecule has 24 heavy (non-hydrogen) atoms. The quantitative estimate of drug-likeness (QED) is 0.687. The summed E-state index contributed by atoms with van der Waals surface area (Å²) in [5.74, 6) is 0.446. The fourth-order valence-corrected chi connectivity index (χ4v) is 2.84. The minimum Gasteiger partial charge on any atom is -0.308 e. The SMILES string of the molecule is Cn1nc(NC(=O)Nc2cc(Cl)cc(Cl)c2)cc1-c1ccccc1. The van der Waals surface area contributed by atoms with Crippen LogP contribution >= 0.6 is 23.2 Å². The van der Waals surface area contributed by atoms with Crippen molar-refractivity contribution in [3.8, 4) is 11.3 Å². The molecule has 7 heteroatoms. The second-order valence-corrected chi connectivity index (χ2v) is 6.01. The molecule has 1 heterocycles. The minimum absolute atomic E-state index is 0.425. The molecule has 0 bridgehead atoms. The van der Waals surface area contributed by atoms with Crippen molar-refractivity contribution in [2.24, 2.45) is 7.05 Å². The van der Waals surface area contributed by atoms with Gasteiger partial charge in [-0.3, -0.25) is 10.00 Å². The highest BCUT2D eigenvalue weighted by Crippen LogP contribution is 2.24. The number of halogens is 2. The zero-order chi connectivity index (χ0) is 17.1. The molecule has 3 rings (SSSR count). The maximum absolute atomic E-state index is 12.1. The average Bonchev–Trinajstić information content (AvgIpc) is 2.87. The van der Waals surface area contributed by atoms with Crippen LogP contribution in [0.4, 0.5) is 16.3 Å². The van der Waals surface area contributed by atoms with E-state index in [1.54, 1.807) is 28.9 Å². The summed E-state index contributed by atoms with van der Waals surface area (Å²) in [6.07, 6.45) is 0. The largest absolute Gasteiger partial charge is 0.324 e. The molecule has 2 aromatic carbocycles. The Balaban J connectivity index is 1.73. The Labute approximate surface area is 149 Å². The molecule has 122 valence electrons. The van der Waals surface area contributed by atoms with E-state index in [-0.39, 0.29) is 0 Å². The molecule has 0 aliphatic heterocycles. The summed E-state index contributed by atoms with van der Waals surface area (Å²) in [6.45, 7) is 0. The highest BCUT2D eigenvalue weighted by molar-refractivity contribution is 6.35. The van der Waals surface area contributed by atoms with Crippen molar-refractivity contribution in [1.29, 1.82) is 0 Å². The molecule has 3 aromatic rings. The first-order valence-electron chi connectivity index (χ1n) is 7.15. The number of aryl methyl sites for hydroxylation is 1. The summed E-state index contributed by atoms with van der Waals surface area (Å²) in [6, 6.07) is 16.0. The predicted octanol–water partition coefficient (Wildman–Crippen LogP) is 5.04. The van der Waals surface area contributed by atoms with E-state index >= 15 is 0 Å². The molecule has 2 amide bonds. The van der Waals surface area contributed by atoms with Gasteiger partial charge in [0, 0.05) is 28.8 Å². The van der Waals surface area contributed by atoms with Crippen LogP contribution < -0.4 is 10.6 Å². The Morgan fingerprint density at radius 1 is 1.00 bits per heavy atom. The van der Waals surface area contributed by atoms with Crippen LogP contribution in [0.3, 0.4) is 0 Å². The maximum Gasteiger partial charge on any atom is 0.324 e. The van der Waals surface area contributed by atoms with Crippen molar-refractivity contribution < 1.29 is 4.79 Å². The molecule has 2 N–H and O–H groups in total. The van der Waals surface area contributed by atoms with Crippen molar-refractivity contribution in [1.82, 2.24) is 9.78 Å². The molecular formula is C17H14Cl2N4O. The average molecular weight is 361 g/mol. The summed E-state index contributed by atoms with van der Waals surface area (Å²) in [4.78, 5) is 12.1. The van der Waals surface area contributed by atoms with Gasteiger partial charge in [-0.25, -0.2) is 4.79 Å². The monoisotopic (exact) mass is 360 g/mol. The number of hydrogen-bond acceptors (Lipinski definition) is 2. The third-order valence-corrected chi connectivity index (χ3v) is 3.75. The van der Waals surface area contributed by atoms with Gasteiger partial charge in [-0.05, 0) is 23.8 Å². The lowest BCUT2D eigenvalue weighted by atomic mass is 10.1. The number of hydrogen-bond donors (Lipinski definition) is 2. The number of carbonyl (C=O) groups is 1. The van der Waals surface area contributed by atoms with Gasteiger partial charge in [0.15, 0.2) is 5.82 Å². The van der Waals surface area contributed by atoms with Crippen molar-refractivity contribution in [3.05, 3.63) is 64.6 Å². The number of benzene rings is 2. The third kappa shape index (κ3) is 3.88. The highest BCUT2D eigenvalue weighted by Gasteiger charge is 2.10. The number of anilines is 2. The van der Waals surface area contributed by atoms with Gasteiger partial charge >= 0.3 is 6.03 Å². The Morgan fingerprint density at radius 2 is 1.67 bits per heavy atom. The normalized spacial score (nSPS) is 10.5. The van der Waals surface area contributed by atoms with Gasteiger partial charge in [0.2, 0.25) is 0 Å². The second kappa shape index (κ2) is 6.95. The smallest absolute Gasteiger partial charge is 0.308 e. The first-order chi connectivity index (χ1) is 11.5. The van der Waals surface area contributed by atoms with Crippen LogP contribution in [0.25, 0.3) is 11.3 Å². The topological polar surface area (TPSA) is 59.0 Å². The third-order valence-electron chi connectivity index (χ3n) is 3.31. The summed E-state index contributed by atoms with van der Waals surface area (Å²) in [5, 5.41) is 10.6. The Morgan fingerprint density at radius 3 is 2.33 bits per heavy atom. The summed E-state index contributed by atoms with van der Waals surface area (Å²) in [7, 11) is 1.82. The molecule has 1 aromatic heterocycles. The number of rotatable bonds is 3. The standard InChI is InChI=1S/C17H14Cl2N4O/c1-23-15(11-5-3-2-4-6-11)10-16(22-23)21-17(24)20-14-8-12(18)7-13(19)9-14/h2-10H,1H3,(H2,20,21,22,24).